The quantitative estimate of drug-likeness (QED) is 0.714. The van der Waals surface area contributed by atoms with Crippen LogP contribution in [-0.2, 0) is 10.5 Å². The number of ether oxygens (including phenoxy) is 1. The first-order valence-electron chi connectivity index (χ1n) is 7.41. The number of hydrogen-bond donors (Lipinski definition) is 1. The average Bonchev–Trinajstić information content (AvgIpc) is 2.58. The molecular formula is C18H17ClFNO3S. The second kappa shape index (κ2) is 8.87. The number of halogens is 2. The van der Waals surface area contributed by atoms with Crippen LogP contribution in [0.2, 0.25) is 5.02 Å². The first-order chi connectivity index (χ1) is 11.9. The van der Waals surface area contributed by atoms with Crippen LogP contribution in [0.25, 0.3) is 0 Å². The summed E-state index contributed by atoms with van der Waals surface area (Å²) in [6.45, 7) is 1.50. The first kappa shape index (κ1) is 19.3. The third-order valence-corrected chi connectivity index (χ3v) is 4.65. The monoisotopic (exact) mass is 381 g/mol. The summed E-state index contributed by atoms with van der Waals surface area (Å²) in [6.07, 6.45) is 0. The molecule has 0 spiro atoms. The van der Waals surface area contributed by atoms with Crippen molar-refractivity contribution in [3.05, 3.63) is 58.4 Å². The molecule has 0 radical (unpaired) electrons. The molecule has 0 aliphatic rings. The van der Waals surface area contributed by atoms with E-state index < -0.39 is 5.82 Å². The van der Waals surface area contributed by atoms with E-state index in [0.29, 0.717) is 22.8 Å². The largest absolute Gasteiger partial charge is 0.496 e. The van der Waals surface area contributed by atoms with E-state index in [1.165, 1.54) is 36.9 Å². The highest BCUT2D eigenvalue weighted by molar-refractivity contribution is 7.99. The number of methoxy groups -OCH3 is 1. The smallest absolute Gasteiger partial charge is 0.234 e. The zero-order chi connectivity index (χ0) is 18.4. The van der Waals surface area contributed by atoms with Crippen LogP contribution in [0.4, 0.5) is 10.1 Å². The highest BCUT2D eigenvalue weighted by Crippen LogP contribution is 2.25. The van der Waals surface area contributed by atoms with Crippen molar-refractivity contribution in [3.8, 4) is 5.75 Å². The summed E-state index contributed by atoms with van der Waals surface area (Å²) in [5.74, 6) is 0.591. The van der Waals surface area contributed by atoms with E-state index in [1.807, 2.05) is 0 Å². The predicted molar refractivity (Wildman–Crippen MR) is 99.2 cm³/mol. The van der Waals surface area contributed by atoms with Crippen LogP contribution < -0.4 is 10.1 Å². The molecule has 0 unspecified atom stereocenters. The molecule has 0 heterocycles. The second-order valence-electron chi connectivity index (χ2n) is 5.25. The molecule has 25 heavy (non-hydrogen) atoms. The number of hydrogen-bond acceptors (Lipinski definition) is 4. The number of nitrogens with one attached hydrogen (secondary N) is 1. The van der Waals surface area contributed by atoms with Gasteiger partial charge in [0, 0.05) is 22.6 Å². The lowest BCUT2D eigenvalue weighted by atomic mass is 10.1. The second-order valence-corrected chi connectivity index (χ2v) is 6.65. The summed E-state index contributed by atoms with van der Waals surface area (Å²) >= 11 is 7.06. The Kier molecular flexibility index (Phi) is 6.84. The van der Waals surface area contributed by atoms with Crippen LogP contribution in [0.3, 0.4) is 0 Å². The summed E-state index contributed by atoms with van der Waals surface area (Å²) < 4.78 is 18.4. The predicted octanol–water partition coefficient (Wildman–Crippen LogP) is 4.56. The van der Waals surface area contributed by atoms with Gasteiger partial charge in [-0.2, -0.15) is 0 Å². The zero-order valence-corrected chi connectivity index (χ0v) is 15.3. The zero-order valence-electron chi connectivity index (χ0n) is 13.8. The number of anilines is 1. The molecular weight excluding hydrogens is 365 g/mol. The van der Waals surface area contributed by atoms with Gasteiger partial charge in [0.15, 0.2) is 5.78 Å². The van der Waals surface area contributed by atoms with Gasteiger partial charge in [0.2, 0.25) is 5.91 Å². The molecule has 0 aliphatic heterocycles. The molecule has 132 valence electrons. The number of amides is 1. The van der Waals surface area contributed by atoms with E-state index >= 15 is 0 Å². The van der Waals surface area contributed by atoms with Gasteiger partial charge in [0.25, 0.3) is 0 Å². The van der Waals surface area contributed by atoms with E-state index in [4.69, 9.17) is 16.3 Å². The van der Waals surface area contributed by atoms with Crippen LogP contribution in [0.1, 0.15) is 22.8 Å². The maximum absolute atomic E-state index is 13.1. The van der Waals surface area contributed by atoms with Gasteiger partial charge in [-0.15, -0.1) is 11.8 Å². The van der Waals surface area contributed by atoms with Gasteiger partial charge in [-0.3, -0.25) is 9.59 Å². The maximum atomic E-state index is 13.1. The Labute approximate surface area is 154 Å². The van der Waals surface area contributed by atoms with Gasteiger partial charge in [-0.05, 0) is 43.3 Å². The van der Waals surface area contributed by atoms with Gasteiger partial charge < -0.3 is 10.1 Å². The molecule has 2 rings (SSSR count). The van der Waals surface area contributed by atoms with E-state index in [1.54, 1.807) is 25.3 Å². The van der Waals surface area contributed by atoms with Gasteiger partial charge >= 0.3 is 0 Å². The maximum Gasteiger partial charge on any atom is 0.234 e. The number of Topliss-reactive ketones (excluding diaryl/α,β-unsaturated/α-hetero) is 1. The van der Waals surface area contributed by atoms with E-state index in [-0.39, 0.29) is 22.5 Å². The minimum Gasteiger partial charge on any atom is -0.496 e. The Morgan fingerprint density at radius 3 is 2.64 bits per heavy atom. The summed E-state index contributed by atoms with van der Waals surface area (Å²) in [5, 5.41) is 2.61. The van der Waals surface area contributed by atoms with Gasteiger partial charge in [0.1, 0.15) is 11.6 Å². The Balaban J connectivity index is 1.93. The molecule has 0 fully saturated rings. The molecule has 2 aromatic carbocycles. The van der Waals surface area contributed by atoms with Crippen LogP contribution in [0.5, 0.6) is 5.75 Å². The number of carbonyl (C=O) groups is 2. The summed E-state index contributed by atoms with van der Waals surface area (Å²) in [4.78, 5) is 23.5. The molecule has 0 aromatic heterocycles. The standard InChI is InChI=1S/C18H17ClFNO3S/c1-11(22)12-3-6-17(24-2)13(7-12)9-25-10-18(23)21-14-4-5-16(20)15(19)8-14/h3-8H,9-10H2,1-2H3,(H,21,23). The molecule has 0 saturated heterocycles. The third-order valence-electron chi connectivity index (χ3n) is 3.38. The Bertz CT molecular complexity index is 798. The fourth-order valence-corrected chi connectivity index (χ4v) is 3.12. The Hall–Kier alpha value is -2.05. The number of ketones is 1. The molecule has 4 nitrogen and oxygen atoms in total. The molecule has 2 aromatic rings. The highest BCUT2D eigenvalue weighted by Gasteiger charge is 2.10. The Morgan fingerprint density at radius 1 is 1.24 bits per heavy atom. The molecule has 1 N–H and O–H groups in total. The van der Waals surface area contributed by atoms with Crippen molar-refractivity contribution in [2.45, 2.75) is 12.7 Å². The van der Waals surface area contributed by atoms with Crippen LogP contribution >= 0.6 is 23.4 Å². The van der Waals surface area contributed by atoms with Crippen molar-refractivity contribution >= 4 is 40.7 Å². The number of rotatable bonds is 7. The summed E-state index contributed by atoms with van der Waals surface area (Å²) in [6, 6.07) is 9.23. The van der Waals surface area contributed by atoms with Crippen molar-refractivity contribution in [1.82, 2.24) is 0 Å². The van der Waals surface area contributed by atoms with Crippen molar-refractivity contribution < 1.29 is 18.7 Å². The molecule has 0 atom stereocenters. The van der Waals surface area contributed by atoms with Gasteiger partial charge in [-0.25, -0.2) is 4.39 Å². The van der Waals surface area contributed by atoms with Crippen molar-refractivity contribution in [3.63, 3.8) is 0 Å². The fourth-order valence-electron chi connectivity index (χ4n) is 2.14. The normalized spacial score (nSPS) is 10.4. The molecule has 0 bridgehead atoms. The summed E-state index contributed by atoms with van der Waals surface area (Å²) in [7, 11) is 1.56. The summed E-state index contributed by atoms with van der Waals surface area (Å²) in [5.41, 5.74) is 1.88. The Morgan fingerprint density at radius 2 is 2.00 bits per heavy atom. The lowest BCUT2D eigenvalue weighted by Gasteiger charge is -2.10. The van der Waals surface area contributed by atoms with E-state index in [9.17, 15) is 14.0 Å². The number of benzene rings is 2. The lowest BCUT2D eigenvalue weighted by molar-refractivity contribution is -0.113. The average molecular weight is 382 g/mol. The minimum atomic E-state index is -0.536. The van der Waals surface area contributed by atoms with E-state index in [0.717, 1.165) is 5.56 Å². The van der Waals surface area contributed by atoms with Crippen LogP contribution in [0, 0.1) is 5.82 Å². The molecule has 0 aliphatic carbocycles. The fraction of sp³-hybridized carbons (Fsp3) is 0.222. The van der Waals surface area contributed by atoms with Crippen molar-refractivity contribution in [2.75, 3.05) is 18.2 Å². The lowest BCUT2D eigenvalue weighted by Crippen LogP contribution is -2.14. The minimum absolute atomic E-state index is 0.0279. The SMILES string of the molecule is COc1ccc(C(C)=O)cc1CSCC(=O)Nc1ccc(F)c(Cl)c1. The topological polar surface area (TPSA) is 55.4 Å². The van der Waals surface area contributed by atoms with Crippen molar-refractivity contribution in [2.24, 2.45) is 0 Å². The van der Waals surface area contributed by atoms with Crippen LogP contribution in [-0.4, -0.2) is 24.6 Å². The van der Waals surface area contributed by atoms with Crippen molar-refractivity contribution in [1.29, 1.82) is 0 Å². The van der Waals surface area contributed by atoms with Gasteiger partial charge in [-0.1, -0.05) is 11.6 Å². The van der Waals surface area contributed by atoms with Gasteiger partial charge in [0.05, 0.1) is 17.9 Å². The third kappa shape index (κ3) is 5.47. The molecule has 1 amide bonds. The van der Waals surface area contributed by atoms with Crippen LogP contribution in [0.15, 0.2) is 36.4 Å². The van der Waals surface area contributed by atoms with E-state index in [2.05, 4.69) is 5.32 Å². The number of carbonyl (C=O) groups excluding carboxylic acids is 2. The molecule has 7 heteroatoms. The first-order valence-corrected chi connectivity index (χ1v) is 8.94. The number of thioether (sulfide) groups is 1. The highest BCUT2D eigenvalue weighted by atomic mass is 35.5. The molecule has 0 saturated carbocycles.